The topological polar surface area (TPSA) is 13.1 Å². The fourth-order valence-electron chi connectivity index (χ4n) is 0.954. The molecule has 1 heteroatoms. The van der Waals surface area contributed by atoms with E-state index in [1.807, 2.05) is 6.07 Å². The molecule has 0 bridgehead atoms. The summed E-state index contributed by atoms with van der Waals surface area (Å²) < 4.78 is 12.2. The van der Waals surface area contributed by atoms with Crippen molar-refractivity contribution in [3.8, 4) is 0 Å². The zero-order valence-electron chi connectivity index (χ0n) is 7.39. The Balaban J connectivity index is 2.27. The van der Waals surface area contributed by atoms with Gasteiger partial charge < -0.3 is 4.42 Å². The molecule has 56 valence electrons. The Morgan fingerprint density at radius 1 is 1.60 bits per heavy atom. The summed E-state index contributed by atoms with van der Waals surface area (Å²) in [5.41, 5.74) is 0. The Morgan fingerprint density at radius 3 is 3.10 bits per heavy atom. The first-order valence-corrected chi connectivity index (χ1v) is 3.88. The molecule has 1 heterocycles. The molecule has 0 N–H and O–H groups in total. The Kier molecular flexibility index (Phi) is 2.50. The van der Waals surface area contributed by atoms with Crippen molar-refractivity contribution < 1.29 is 5.79 Å². The fourth-order valence-corrected chi connectivity index (χ4v) is 0.954. The van der Waals surface area contributed by atoms with Crippen molar-refractivity contribution in [1.82, 2.24) is 0 Å². The van der Waals surface area contributed by atoms with Crippen molar-refractivity contribution >= 4 is 0 Å². The maximum absolute atomic E-state index is 7.13. The van der Waals surface area contributed by atoms with Crippen molar-refractivity contribution in [3.63, 3.8) is 0 Å². The highest BCUT2D eigenvalue weighted by molar-refractivity contribution is 4.97. The molecule has 0 unspecified atom stereocenters. The Bertz CT molecular complexity index is 205. The normalized spacial score (nSPS) is 11.5. The lowest BCUT2D eigenvalue weighted by Crippen LogP contribution is -1.80. The van der Waals surface area contributed by atoms with Crippen molar-refractivity contribution in [2.75, 3.05) is 0 Å². The van der Waals surface area contributed by atoms with Gasteiger partial charge in [-0.15, -0.1) is 0 Å². The lowest BCUT2D eigenvalue weighted by Gasteiger charge is -1.93. The molecule has 0 amide bonds. The summed E-state index contributed by atoms with van der Waals surface area (Å²) in [6.07, 6.45) is 4.90. The molecule has 0 saturated carbocycles. The summed E-state index contributed by atoms with van der Waals surface area (Å²) >= 11 is 0. The molecule has 1 nitrogen and oxygen atoms in total. The molecule has 1 aromatic heterocycles. The standard InChI is InChI=1S/C9H14O/c1-2-3-4-6-9-7-5-8-10-9/h5,7-8H,2-4,6H2,1H3/i8D. The number of furan rings is 1. The van der Waals surface area contributed by atoms with E-state index in [1.54, 1.807) is 6.07 Å². The highest BCUT2D eigenvalue weighted by atomic mass is 16.3. The minimum Gasteiger partial charge on any atom is -0.469 e. The van der Waals surface area contributed by atoms with Gasteiger partial charge in [0.25, 0.3) is 0 Å². The second-order valence-electron chi connectivity index (χ2n) is 2.48. The zero-order chi connectivity index (χ0) is 8.10. The predicted molar refractivity (Wildman–Crippen MR) is 41.9 cm³/mol. The largest absolute Gasteiger partial charge is 0.469 e. The van der Waals surface area contributed by atoms with E-state index in [9.17, 15) is 0 Å². The highest BCUT2D eigenvalue weighted by Crippen LogP contribution is 2.06. The summed E-state index contributed by atoms with van der Waals surface area (Å²) in [6.45, 7) is 2.18. The van der Waals surface area contributed by atoms with Gasteiger partial charge >= 0.3 is 0 Å². The van der Waals surface area contributed by atoms with Crippen LogP contribution in [0.5, 0.6) is 0 Å². The van der Waals surface area contributed by atoms with Crippen molar-refractivity contribution in [1.29, 1.82) is 0 Å². The van der Waals surface area contributed by atoms with Gasteiger partial charge in [0.15, 0.2) is 0 Å². The molecule has 0 aromatic carbocycles. The first-order valence-electron chi connectivity index (χ1n) is 4.38. The van der Waals surface area contributed by atoms with Crippen LogP contribution in [0.4, 0.5) is 0 Å². The minimum atomic E-state index is 0.275. The molecule has 0 spiro atoms. The first kappa shape index (κ1) is 6.02. The van der Waals surface area contributed by atoms with E-state index in [1.165, 1.54) is 19.3 Å². The van der Waals surface area contributed by atoms with Gasteiger partial charge in [0.1, 0.15) is 7.13 Å². The van der Waals surface area contributed by atoms with Gasteiger partial charge in [0.2, 0.25) is 0 Å². The fraction of sp³-hybridized carbons (Fsp3) is 0.556. The molecule has 0 saturated heterocycles. The third-order valence-corrected chi connectivity index (χ3v) is 1.55. The SMILES string of the molecule is [2H]c1ccc(CCCCC)o1. The molecule has 0 fully saturated rings. The summed E-state index contributed by atoms with van der Waals surface area (Å²) in [7, 11) is 0. The van der Waals surface area contributed by atoms with E-state index >= 15 is 0 Å². The number of aryl methyl sites for hydroxylation is 1. The number of rotatable bonds is 4. The number of hydrogen-bond donors (Lipinski definition) is 0. The number of unbranched alkanes of at least 4 members (excludes halogenated alkanes) is 2. The summed E-state index contributed by atoms with van der Waals surface area (Å²) in [6, 6.07) is 3.58. The molecule has 0 aliphatic carbocycles. The maximum atomic E-state index is 7.13. The Labute approximate surface area is 63.5 Å². The molecular formula is C9H14O. The van der Waals surface area contributed by atoms with Crippen molar-refractivity contribution in [2.24, 2.45) is 0 Å². The van der Waals surface area contributed by atoms with E-state index in [0.29, 0.717) is 0 Å². The van der Waals surface area contributed by atoms with E-state index in [-0.39, 0.29) is 6.24 Å². The summed E-state index contributed by atoms with van der Waals surface area (Å²) in [5.74, 6) is 0.948. The molecule has 10 heavy (non-hydrogen) atoms. The van der Waals surface area contributed by atoms with Crippen LogP contribution in [0.2, 0.25) is 0 Å². The molecule has 0 aliphatic rings. The third-order valence-electron chi connectivity index (χ3n) is 1.55. The predicted octanol–water partition coefficient (Wildman–Crippen LogP) is 3.01. The van der Waals surface area contributed by atoms with Gasteiger partial charge in [-0.2, -0.15) is 0 Å². The van der Waals surface area contributed by atoms with Crippen molar-refractivity contribution in [3.05, 3.63) is 24.1 Å². The third kappa shape index (κ3) is 2.26. The lowest BCUT2D eigenvalue weighted by molar-refractivity contribution is 0.497. The van der Waals surface area contributed by atoms with E-state index in [4.69, 9.17) is 5.79 Å². The van der Waals surface area contributed by atoms with Crippen LogP contribution in [0.1, 0.15) is 33.3 Å². The lowest BCUT2D eigenvalue weighted by atomic mass is 10.2. The minimum absolute atomic E-state index is 0.275. The van der Waals surface area contributed by atoms with Crippen LogP contribution in [0.3, 0.4) is 0 Å². The second kappa shape index (κ2) is 4.15. The molecule has 0 radical (unpaired) electrons. The molecule has 0 aliphatic heterocycles. The molecule has 1 rings (SSSR count). The van der Waals surface area contributed by atoms with Crippen LogP contribution in [0.15, 0.2) is 22.8 Å². The van der Waals surface area contributed by atoms with Crippen LogP contribution in [0, 0.1) is 0 Å². The maximum Gasteiger partial charge on any atom is 0.104 e. The second-order valence-corrected chi connectivity index (χ2v) is 2.48. The van der Waals surface area contributed by atoms with Gasteiger partial charge in [-0.3, -0.25) is 0 Å². The van der Waals surface area contributed by atoms with Gasteiger partial charge in [-0.1, -0.05) is 19.8 Å². The van der Waals surface area contributed by atoms with Gasteiger partial charge in [0, 0.05) is 6.42 Å². The molecule has 1 aromatic rings. The van der Waals surface area contributed by atoms with Crippen LogP contribution in [-0.4, -0.2) is 0 Å². The average Bonchev–Trinajstić information content (AvgIpc) is 2.37. The smallest absolute Gasteiger partial charge is 0.104 e. The monoisotopic (exact) mass is 139 g/mol. The molecule has 0 atom stereocenters. The van der Waals surface area contributed by atoms with E-state index in [2.05, 4.69) is 6.92 Å². The van der Waals surface area contributed by atoms with Gasteiger partial charge in [-0.05, 0) is 18.6 Å². The van der Waals surface area contributed by atoms with Gasteiger partial charge in [0.05, 0.1) is 6.24 Å². The van der Waals surface area contributed by atoms with Crippen LogP contribution in [-0.2, 0) is 6.42 Å². The van der Waals surface area contributed by atoms with Gasteiger partial charge in [-0.25, -0.2) is 0 Å². The first-order chi connectivity index (χ1) is 5.33. The Morgan fingerprint density at radius 2 is 2.50 bits per heavy atom. The zero-order valence-corrected chi connectivity index (χ0v) is 6.39. The molecular weight excluding hydrogens is 124 g/mol. The van der Waals surface area contributed by atoms with E-state index in [0.717, 1.165) is 12.2 Å². The van der Waals surface area contributed by atoms with E-state index < -0.39 is 0 Å². The Hall–Kier alpha value is -0.720. The van der Waals surface area contributed by atoms with Crippen molar-refractivity contribution in [2.45, 2.75) is 32.6 Å². The average molecular weight is 139 g/mol. The van der Waals surface area contributed by atoms with Crippen LogP contribution >= 0.6 is 0 Å². The summed E-state index contributed by atoms with van der Waals surface area (Å²) in [4.78, 5) is 0. The number of hydrogen-bond acceptors (Lipinski definition) is 1. The quantitative estimate of drug-likeness (QED) is 0.584. The van der Waals surface area contributed by atoms with Crippen LogP contribution < -0.4 is 0 Å². The highest BCUT2D eigenvalue weighted by Gasteiger charge is 1.92. The van der Waals surface area contributed by atoms with Crippen LogP contribution in [0.25, 0.3) is 0 Å². The summed E-state index contributed by atoms with van der Waals surface area (Å²) in [5, 5.41) is 0.